The highest BCUT2D eigenvalue weighted by atomic mass is 16.6. The van der Waals surface area contributed by atoms with Crippen LogP contribution in [-0.2, 0) is 0 Å². The van der Waals surface area contributed by atoms with Gasteiger partial charge in [0.1, 0.15) is 13.2 Å². The molecule has 0 amide bonds. The molecule has 3 N–H and O–H groups in total. The Morgan fingerprint density at radius 1 is 1.38 bits per heavy atom. The minimum absolute atomic E-state index is 0.226. The summed E-state index contributed by atoms with van der Waals surface area (Å²) in [5.41, 5.74) is 6.52. The molecule has 5 heteroatoms. The molecule has 0 saturated carbocycles. The number of hydroxylamine groups is 2. The van der Waals surface area contributed by atoms with Gasteiger partial charge in [0.2, 0.25) is 0 Å². The van der Waals surface area contributed by atoms with Gasteiger partial charge in [-0.2, -0.15) is 5.06 Å². The number of benzene rings is 1. The summed E-state index contributed by atoms with van der Waals surface area (Å²) in [5.74, 6) is 1.45. The van der Waals surface area contributed by atoms with Crippen LogP contribution in [-0.4, -0.2) is 37.1 Å². The van der Waals surface area contributed by atoms with Crippen LogP contribution in [0.1, 0.15) is 11.6 Å². The van der Waals surface area contributed by atoms with Crippen molar-refractivity contribution in [2.24, 2.45) is 5.73 Å². The molecule has 1 aromatic carbocycles. The van der Waals surface area contributed by atoms with E-state index in [0.29, 0.717) is 25.5 Å². The minimum Gasteiger partial charge on any atom is -0.486 e. The molecule has 1 aromatic rings. The topological polar surface area (TPSA) is 68.0 Å². The van der Waals surface area contributed by atoms with E-state index in [1.807, 2.05) is 18.2 Å². The maximum absolute atomic E-state index is 9.45. The van der Waals surface area contributed by atoms with Gasteiger partial charge >= 0.3 is 0 Å². The maximum atomic E-state index is 9.45. The number of fused-ring (bicyclic) bond motifs is 1. The standard InChI is InChI=1S/C11H16N2O3/c1-13(14)9(7-12)8-2-3-10-11(6-8)16-5-4-15-10/h2-3,6,9,14H,4-5,7,12H2,1H3. The van der Waals surface area contributed by atoms with Crippen LogP contribution in [0, 0.1) is 0 Å². The number of nitrogens with two attached hydrogens (primary N) is 1. The Bertz CT molecular complexity index is 368. The van der Waals surface area contributed by atoms with Crippen LogP contribution in [0.15, 0.2) is 18.2 Å². The van der Waals surface area contributed by atoms with Crippen LogP contribution in [0.4, 0.5) is 0 Å². The van der Waals surface area contributed by atoms with Gasteiger partial charge in [-0.1, -0.05) is 6.07 Å². The Morgan fingerprint density at radius 3 is 2.69 bits per heavy atom. The van der Waals surface area contributed by atoms with Crippen LogP contribution in [0.3, 0.4) is 0 Å². The lowest BCUT2D eigenvalue weighted by Gasteiger charge is -2.24. The first kappa shape index (κ1) is 11.2. The Kier molecular flexibility index (Phi) is 3.28. The fraction of sp³-hybridized carbons (Fsp3) is 0.455. The summed E-state index contributed by atoms with van der Waals surface area (Å²) in [6.45, 7) is 1.47. The van der Waals surface area contributed by atoms with Crippen molar-refractivity contribution >= 4 is 0 Å². The van der Waals surface area contributed by atoms with Gasteiger partial charge in [0.25, 0.3) is 0 Å². The van der Waals surface area contributed by atoms with Crippen molar-refractivity contribution in [2.75, 3.05) is 26.8 Å². The molecule has 2 rings (SSSR count). The summed E-state index contributed by atoms with van der Waals surface area (Å²) in [6.07, 6.45) is 0. The smallest absolute Gasteiger partial charge is 0.161 e. The molecule has 1 aliphatic rings. The normalized spacial score (nSPS) is 16.2. The molecular formula is C11H16N2O3. The van der Waals surface area contributed by atoms with Gasteiger partial charge < -0.3 is 20.4 Å². The monoisotopic (exact) mass is 224 g/mol. The van der Waals surface area contributed by atoms with Crippen molar-refractivity contribution in [1.29, 1.82) is 0 Å². The lowest BCUT2D eigenvalue weighted by atomic mass is 10.1. The summed E-state index contributed by atoms with van der Waals surface area (Å²) in [6, 6.07) is 5.36. The van der Waals surface area contributed by atoms with Crippen LogP contribution in [0.5, 0.6) is 11.5 Å². The quantitative estimate of drug-likeness (QED) is 0.742. The molecular weight excluding hydrogens is 208 g/mol. The molecule has 0 bridgehead atoms. The van der Waals surface area contributed by atoms with E-state index in [1.165, 1.54) is 0 Å². The van der Waals surface area contributed by atoms with Gasteiger partial charge in [0, 0.05) is 13.6 Å². The SMILES string of the molecule is CN(O)C(CN)c1ccc2c(c1)OCCO2. The molecule has 5 nitrogen and oxygen atoms in total. The van der Waals surface area contributed by atoms with Crippen LogP contribution >= 0.6 is 0 Å². The van der Waals surface area contributed by atoms with Gasteiger partial charge in [0.15, 0.2) is 11.5 Å². The molecule has 0 saturated heterocycles. The lowest BCUT2D eigenvalue weighted by molar-refractivity contribution is -0.101. The second-order valence-electron chi connectivity index (χ2n) is 3.73. The number of ether oxygens (including phenoxy) is 2. The Hall–Kier alpha value is -1.30. The Labute approximate surface area is 94.3 Å². The van der Waals surface area contributed by atoms with Gasteiger partial charge in [-0.25, -0.2) is 0 Å². The first-order valence-corrected chi connectivity index (χ1v) is 5.23. The molecule has 0 fully saturated rings. The highest BCUT2D eigenvalue weighted by Crippen LogP contribution is 2.33. The van der Waals surface area contributed by atoms with Gasteiger partial charge in [0.05, 0.1) is 6.04 Å². The largest absolute Gasteiger partial charge is 0.486 e. The van der Waals surface area contributed by atoms with E-state index in [1.54, 1.807) is 7.05 Å². The van der Waals surface area contributed by atoms with E-state index in [4.69, 9.17) is 15.2 Å². The fourth-order valence-electron chi connectivity index (χ4n) is 1.77. The molecule has 1 atom stereocenters. The predicted molar refractivity (Wildman–Crippen MR) is 58.8 cm³/mol. The average molecular weight is 224 g/mol. The zero-order valence-electron chi connectivity index (χ0n) is 9.22. The van der Waals surface area contributed by atoms with Crippen molar-refractivity contribution in [2.45, 2.75) is 6.04 Å². The maximum Gasteiger partial charge on any atom is 0.161 e. The van der Waals surface area contributed by atoms with E-state index in [9.17, 15) is 5.21 Å². The van der Waals surface area contributed by atoms with Crippen LogP contribution < -0.4 is 15.2 Å². The zero-order valence-corrected chi connectivity index (χ0v) is 9.22. The number of rotatable bonds is 3. The fourth-order valence-corrected chi connectivity index (χ4v) is 1.77. The van der Waals surface area contributed by atoms with E-state index < -0.39 is 0 Å². The van der Waals surface area contributed by atoms with Gasteiger partial charge in [-0.3, -0.25) is 0 Å². The predicted octanol–water partition coefficient (Wildman–Crippen LogP) is 0.779. The van der Waals surface area contributed by atoms with Gasteiger partial charge in [-0.15, -0.1) is 0 Å². The summed E-state index contributed by atoms with van der Waals surface area (Å²) in [5, 5.41) is 10.6. The first-order valence-electron chi connectivity index (χ1n) is 5.23. The summed E-state index contributed by atoms with van der Waals surface area (Å²) < 4.78 is 10.9. The Morgan fingerprint density at radius 2 is 2.06 bits per heavy atom. The van der Waals surface area contributed by atoms with Crippen molar-refractivity contribution in [3.63, 3.8) is 0 Å². The summed E-state index contributed by atoms with van der Waals surface area (Å²) in [4.78, 5) is 0. The number of hydrogen-bond donors (Lipinski definition) is 2. The molecule has 0 aliphatic carbocycles. The minimum atomic E-state index is -0.226. The number of likely N-dealkylation sites (N-methyl/N-ethyl adjacent to an activating group) is 1. The Balaban J connectivity index is 2.28. The third-order valence-electron chi connectivity index (χ3n) is 2.63. The van der Waals surface area contributed by atoms with Gasteiger partial charge in [-0.05, 0) is 17.7 Å². The molecule has 88 valence electrons. The lowest BCUT2D eigenvalue weighted by Crippen LogP contribution is -2.28. The van der Waals surface area contributed by atoms with E-state index in [0.717, 1.165) is 16.4 Å². The average Bonchev–Trinajstić information content (AvgIpc) is 2.29. The van der Waals surface area contributed by atoms with Crippen molar-refractivity contribution in [3.05, 3.63) is 23.8 Å². The summed E-state index contributed by atoms with van der Waals surface area (Å²) in [7, 11) is 1.58. The molecule has 0 spiro atoms. The highest BCUT2D eigenvalue weighted by Gasteiger charge is 2.18. The summed E-state index contributed by atoms with van der Waals surface area (Å²) >= 11 is 0. The second-order valence-corrected chi connectivity index (χ2v) is 3.73. The molecule has 16 heavy (non-hydrogen) atoms. The molecule has 1 heterocycles. The third kappa shape index (κ3) is 2.11. The van der Waals surface area contributed by atoms with E-state index >= 15 is 0 Å². The van der Waals surface area contributed by atoms with Crippen LogP contribution in [0.25, 0.3) is 0 Å². The highest BCUT2D eigenvalue weighted by molar-refractivity contribution is 5.44. The molecule has 1 aliphatic heterocycles. The second kappa shape index (κ2) is 4.69. The van der Waals surface area contributed by atoms with E-state index in [-0.39, 0.29) is 6.04 Å². The van der Waals surface area contributed by atoms with Crippen molar-refractivity contribution in [3.8, 4) is 11.5 Å². The number of nitrogens with zero attached hydrogens (tertiary/aromatic N) is 1. The number of hydrogen-bond acceptors (Lipinski definition) is 5. The van der Waals surface area contributed by atoms with Crippen molar-refractivity contribution < 1.29 is 14.7 Å². The molecule has 0 radical (unpaired) electrons. The third-order valence-corrected chi connectivity index (χ3v) is 2.63. The molecule has 0 aromatic heterocycles. The van der Waals surface area contributed by atoms with E-state index in [2.05, 4.69) is 0 Å². The van der Waals surface area contributed by atoms with Crippen LogP contribution in [0.2, 0.25) is 0 Å². The zero-order chi connectivity index (χ0) is 11.5. The van der Waals surface area contributed by atoms with Crippen molar-refractivity contribution in [1.82, 2.24) is 5.06 Å². The first-order chi connectivity index (χ1) is 7.72. The molecule has 1 unspecified atom stereocenters.